The smallest absolute Gasteiger partial charge is 0.238 e. The van der Waals surface area contributed by atoms with E-state index in [2.05, 4.69) is 37.6 Å². The van der Waals surface area contributed by atoms with Crippen molar-refractivity contribution in [3.8, 4) is 0 Å². The normalized spacial score (nSPS) is 21.6. The summed E-state index contributed by atoms with van der Waals surface area (Å²) in [6.45, 7) is 3.71. The highest BCUT2D eigenvalue weighted by molar-refractivity contribution is 5.93. The van der Waals surface area contributed by atoms with Crippen LogP contribution in [0, 0.1) is 0 Å². The quantitative estimate of drug-likeness (QED) is 0.749. The maximum atomic E-state index is 12.9. The average molecular weight is 422 g/mol. The number of carbonyl (C=O) groups is 2. The van der Waals surface area contributed by atoms with Crippen LogP contribution in [0.5, 0.6) is 0 Å². The lowest BCUT2D eigenvalue weighted by molar-refractivity contribution is -0.130. The van der Waals surface area contributed by atoms with E-state index in [0.29, 0.717) is 6.54 Å². The fourth-order valence-corrected chi connectivity index (χ4v) is 4.81. The van der Waals surface area contributed by atoms with E-state index in [9.17, 15) is 9.59 Å². The van der Waals surface area contributed by atoms with Crippen LogP contribution in [0.1, 0.15) is 31.4 Å². The lowest BCUT2D eigenvalue weighted by atomic mass is 9.75. The van der Waals surface area contributed by atoms with Gasteiger partial charge in [-0.15, -0.1) is 0 Å². The molecule has 1 aromatic heterocycles. The molecule has 2 N–H and O–H groups in total. The second-order valence-corrected chi connectivity index (χ2v) is 8.48. The molecule has 2 aliphatic heterocycles. The number of aromatic nitrogens is 1. The lowest BCUT2D eigenvalue weighted by Crippen LogP contribution is -2.55. The topological polar surface area (TPSA) is 77.6 Å². The number of benzene rings is 1. The van der Waals surface area contributed by atoms with Gasteiger partial charge < -0.3 is 15.5 Å². The number of piperidine rings is 1. The molecule has 31 heavy (non-hydrogen) atoms. The molecular weight excluding hydrogens is 390 g/mol. The van der Waals surface area contributed by atoms with Crippen molar-refractivity contribution in [2.45, 2.75) is 31.1 Å². The van der Waals surface area contributed by atoms with Gasteiger partial charge in [0.1, 0.15) is 5.41 Å². The molecule has 1 atom stereocenters. The molecule has 0 saturated carbocycles. The second kappa shape index (κ2) is 9.47. The molecule has 2 aromatic rings. The summed E-state index contributed by atoms with van der Waals surface area (Å²) in [6.07, 6.45) is 5.76. The molecule has 0 bridgehead atoms. The first kappa shape index (κ1) is 21.3. The van der Waals surface area contributed by atoms with Gasteiger partial charge in [-0.2, -0.15) is 0 Å². The van der Waals surface area contributed by atoms with E-state index in [1.54, 1.807) is 13.2 Å². The number of nitrogens with zero attached hydrogens (tertiary/aromatic N) is 3. The fraction of sp³-hybridized carbons (Fsp3) is 0.458. The van der Waals surface area contributed by atoms with Crippen LogP contribution in [0.4, 0.5) is 11.4 Å². The van der Waals surface area contributed by atoms with E-state index in [4.69, 9.17) is 0 Å². The van der Waals surface area contributed by atoms with Gasteiger partial charge in [-0.1, -0.05) is 6.07 Å². The molecule has 3 heterocycles. The molecule has 4 rings (SSSR count). The van der Waals surface area contributed by atoms with Crippen molar-refractivity contribution >= 4 is 23.2 Å². The van der Waals surface area contributed by atoms with Crippen LogP contribution in [-0.2, 0) is 15.0 Å². The van der Waals surface area contributed by atoms with E-state index in [0.717, 1.165) is 43.9 Å². The number of nitrogens with one attached hydrogen (secondary N) is 2. The van der Waals surface area contributed by atoms with Crippen LogP contribution in [-0.4, -0.2) is 61.5 Å². The molecule has 0 spiro atoms. The van der Waals surface area contributed by atoms with Crippen molar-refractivity contribution in [1.82, 2.24) is 15.2 Å². The Morgan fingerprint density at radius 2 is 1.81 bits per heavy atom. The van der Waals surface area contributed by atoms with Gasteiger partial charge in [0.15, 0.2) is 0 Å². The predicted octanol–water partition coefficient (Wildman–Crippen LogP) is 2.40. The minimum atomic E-state index is -0.730. The number of likely N-dealkylation sites (tertiary alicyclic amines) is 1. The highest BCUT2D eigenvalue weighted by Crippen LogP contribution is 2.33. The number of hydrogen-bond acceptors (Lipinski definition) is 5. The van der Waals surface area contributed by atoms with Crippen molar-refractivity contribution in [3.63, 3.8) is 0 Å². The number of pyridine rings is 1. The molecule has 2 fully saturated rings. The SMILES string of the molecule is CNC(=O)[C@]1(c2ccccn2)CCCN(CC(=O)Nc2ccc(N3CCCC3)cc2)C1. The Balaban J connectivity index is 1.40. The second-order valence-electron chi connectivity index (χ2n) is 8.48. The molecule has 0 unspecified atom stereocenters. The minimum Gasteiger partial charge on any atom is -0.372 e. The zero-order chi connectivity index (χ0) is 21.7. The zero-order valence-corrected chi connectivity index (χ0v) is 18.1. The molecule has 2 aliphatic rings. The third-order valence-electron chi connectivity index (χ3n) is 6.38. The third kappa shape index (κ3) is 4.71. The van der Waals surface area contributed by atoms with Crippen molar-refractivity contribution < 1.29 is 9.59 Å². The summed E-state index contributed by atoms with van der Waals surface area (Å²) in [5, 5.41) is 5.81. The van der Waals surface area contributed by atoms with Gasteiger partial charge in [0, 0.05) is 44.3 Å². The average Bonchev–Trinajstić information content (AvgIpc) is 3.34. The van der Waals surface area contributed by atoms with Crippen LogP contribution >= 0.6 is 0 Å². The lowest BCUT2D eigenvalue weighted by Gasteiger charge is -2.40. The molecule has 7 nitrogen and oxygen atoms in total. The summed E-state index contributed by atoms with van der Waals surface area (Å²) in [4.78, 5) is 34.5. The Bertz CT molecular complexity index is 896. The van der Waals surface area contributed by atoms with Crippen LogP contribution in [0.3, 0.4) is 0 Å². The fourth-order valence-electron chi connectivity index (χ4n) is 4.81. The summed E-state index contributed by atoms with van der Waals surface area (Å²) in [7, 11) is 1.66. The van der Waals surface area contributed by atoms with E-state index in [1.165, 1.54) is 18.5 Å². The first-order chi connectivity index (χ1) is 15.1. The molecule has 0 radical (unpaired) electrons. The Kier molecular flexibility index (Phi) is 6.51. The van der Waals surface area contributed by atoms with E-state index < -0.39 is 5.41 Å². The maximum Gasteiger partial charge on any atom is 0.238 e. The van der Waals surface area contributed by atoms with E-state index in [-0.39, 0.29) is 18.4 Å². The summed E-state index contributed by atoms with van der Waals surface area (Å²) in [5.41, 5.74) is 2.03. The highest BCUT2D eigenvalue weighted by Gasteiger charge is 2.44. The van der Waals surface area contributed by atoms with Gasteiger partial charge in [0.25, 0.3) is 0 Å². The molecule has 7 heteroatoms. The number of anilines is 2. The Morgan fingerprint density at radius 1 is 1.03 bits per heavy atom. The number of likely N-dealkylation sites (N-methyl/N-ethyl adjacent to an activating group) is 1. The van der Waals surface area contributed by atoms with E-state index in [1.807, 2.05) is 30.3 Å². The summed E-state index contributed by atoms with van der Waals surface area (Å²) in [5.74, 6) is -0.114. The standard InChI is InChI=1S/C24H31N5O2/c1-25-23(31)24(21-7-2-3-13-26-21)12-6-14-28(18-24)17-22(30)27-19-8-10-20(11-9-19)29-15-4-5-16-29/h2-3,7-11,13H,4-6,12,14-18H2,1H3,(H,25,31)(H,27,30)/t24-/m1/s1. The Labute approximate surface area is 183 Å². The third-order valence-corrected chi connectivity index (χ3v) is 6.38. The van der Waals surface area contributed by atoms with Crippen molar-refractivity contribution in [2.24, 2.45) is 0 Å². The molecular formula is C24H31N5O2. The maximum absolute atomic E-state index is 12.9. The van der Waals surface area contributed by atoms with Crippen LogP contribution < -0.4 is 15.5 Å². The number of rotatable bonds is 6. The van der Waals surface area contributed by atoms with Gasteiger partial charge in [0.2, 0.25) is 11.8 Å². The molecule has 2 amide bonds. The van der Waals surface area contributed by atoms with E-state index >= 15 is 0 Å². The molecule has 1 aromatic carbocycles. The van der Waals surface area contributed by atoms with Gasteiger partial charge in [-0.3, -0.25) is 19.5 Å². The number of amides is 2. The predicted molar refractivity (Wildman–Crippen MR) is 122 cm³/mol. The van der Waals surface area contributed by atoms with Gasteiger partial charge in [0.05, 0.1) is 12.2 Å². The monoisotopic (exact) mass is 421 g/mol. The van der Waals surface area contributed by atoms with Gasteiger partial charge >= 0.3 is 0 Å². The summed E-state index contributed by atoms with van der Waals surface area (Å²) >= 11 is 0. The Morgan fingerprint density at radius 3 is 2.48 bits per heavy atom. The van der Waals surface area contributed by atoms with Crippen LogP contribution in [0.2, 0.25) is 0 Å². The summed E-state index contributed by atoms with van der Waals surface area (Å²) < 4.78 is 0. The molecule has 0 aliphatic carbocycles. The number of carbonyl (C=O) groups excluding carboxylic acids is 2. The number of hydrogen-bond donors (Lipinski definition) is 2. The Hall–Kier alpha value is -2.93. The van der Waals surface area contributed by atoms with Crippen molar-refractivity contribution in [2.75, 3.05) is 50.0 Å². The highest BCUT2D eigenvalue weighted by atomic mass is 16.2. The van der Waals surface area contributed by atoms with Gasteiger partial charge in [-0.05, 0) is 68.6 Å². The van der Waals surface area contributed by atoms with Crippen LogP contribution in [0.15, 0.2) is 48.7 Å². The molecule has 2 saturated heterocycles. The molecule has 164 valence electrons. The minimum absolute atomic E-state index is 0.0474. The first-order valence-electron chi connectivity index (χ1n) is 11.1. The van der Waals surface area contributed by atoms with Crippen molar-refractivity contribution in [3.05, 3.63) is 54.4 Å². The van der Waals surface area contributed by atoms with Gasteiger partial charge in [-0.25, -0.2) is 0 Å². The summed E-state index contributed by atoms with van der Waals surface area (Å²) in [6, 6.07) is 13.7. The largest absolute Gasteiger partial charge is 0.372 e. The first-order valence-corrected chi connectivity index (χ1v) is 11.1. The van der Waals surface area contributed by atoms with Crippen LogP contribution in [0.25, 0.3) is 0 Å². The van der Waals surface area contributed by atoms with Crippen molar-refractivity contribution in [1.29, 1.82) is 0 Å². The zero-order valence-electron chi connectivity index (χ0n) is 18.1.